The Labute approximate surface area is 119 Å². The summed E-state index contributed by atoms with van der Waals surface area (Å²) in [4.78, 5) is 0. The predicted octanol–water partition coefficient (Wildman–Crippen LogP) is 3.34. The minimum Gasteiger partial charge on any atom is -0.487 e. The lowest BCUT2D eigenvalue weighted by Crippen LogP contribution is -1.98. The highest BCUT2D eigenvalue weighted by atomic mass is 79.9. The van der Waals surface area contributed by atoms with E-state index in [1.54, 1.807) is 0 Å². The number of fused-ring (bicyclic) bond motifs is 1. The van der Waals surface area contributed by atoms with Crippen LogP contribution < -0.4 is 19.9 Å². The molecule has 0 atom stereocenters. The molecule has 19 heavy (non-hydrogen) atoms. The fourth-order valence-electron chi connectivity index (χ4n) is 1.84. The number of nitrogen functional groups attached to an aromatic ring is 1. The molecule has 0 amide bonds. The fraction of sp³-hybridized carbons (Fsp3) is 0.143. The van der Waals surface area contributed by atoms with Crippen LogP contribution in [0.2, 0.25) is 0 Å². The van der Waals surface area contributed by atoms with Crippen LogP contribution in [-0.4, -0.2) is 6.79 Å². The molecule has 0 spiro atoms. The first-order valence-corrected chi connectivity index (χ1v) is 6.58. The Balaban J connectivity index is 1.72. The predicted molar refractivity (Wildman–Crippen MR) is 75.5 cm³/mol. The number of hydrogen-bond acceptors (Lipinski definition) is 4. The van der Waals surface area contributed by atoms with E-state index in [9.17, 15) is 0 Å². The number of anilines is 1. The number of hydrogen-bond donors (Lipinski definition) is 1. The Morgan fingerprint density at radius 1 is 1.11 bits per heavy atom. The lowest BCUT2D eigenvalue weighted by molar-refractivity contribution is 0.174. The highest BCUT2D eigenvalue weighted by molar-refractivity contribution is 9.10. The third-order valence-electron chi connectivity index (χ3n) is 2.80. The molecule has 2 aromatic carbocycles. The van der Waals surface area contributed by atoms with Gasteiger partial charge in [0.05, 0.1) is 5.69 Å². The van der Waals surface area contributed by atoms with E-state index in [0.717, 1.165) is 21.5 Å². The maximum atomic E-state index is 5.88. The molecule has 3 rings (SSSR count). The smallest absolute Gasteiger partial charge is 0.231 e. The largest absolute Gasteiger partial charge is 0.487 e. The molecule has 0 aromatic heterocycles. The molecular formula is C14H12BrNO3. The number of halogens is 1. The Hall–Kier alpha value is -1.88. The minimum atomic E-state index is 0.277. The average molecular weight is 322 g/mol. The van der Waals surface area contributed by atoms with E-state index in [1.807, 2.05) is 36.4 Å². The van der Waals surface area contributed by atoms with Crippen LogP contribution in [0, 0.1) is 0 Å². The Morgan fingerprint density at radius 2 is 1.95 bits per heavy atom. The maximum absolute atomic E-state index is 5.88. The van der Waals surface area contributed by atoms with Gasteiger partial charge in [-0.15, -0.1) is 0 Å². The molecule has 1 aliphatic rings. The van der Waals surface area contributed by atoms with Crippen LogP contribution >= 0.6 is 15.9 Å². The summed E-state index contributed by atoms with van der Waals surface area (Å²) in [7, 11) is 0. The van der Waals surface area contributed by atoms with Gasteiger partial charge in [0.25, 0.3) is 0 Å². The molecule has 0 fully saturated rings. The number of benzene rings is 2. The zero-order chi connectivity index (χ0) is 13.2. The van der Waals surface area contributed by atoms with E-state index in [1.165, 1.54) is 0 Å². The molecule has 4 nitrogen and oxygen atoms in total. The second-order valence-electron chi connectivity index (χ2n) is 4.16. The topological polar surface area (TPSA) is 53.7 Å². The Kier molecular flexibility index (Phi) is 3.21. The second kappa shape index (κ2) is 5.01. The zero-order valence-corrected chi connectivity index (χ0v) is 11.6. The van der Waals surface area contributed by atoms with Gasteiger partial charge in [-0.1, -0.05) is 22.0 Å². The van der Waals surface area contributed by atoms with Gasteiger partial charge in [0.15, 0.2) is 11.5 Å². The van der Waals surface area contributed by atoms with Crippen molar-refractivity contribution in [3.63, 3.8) is 0 Å². The highest BCUT2D eigenvalue weighted by Gasteiger charge is 2.13. The SMILES string of the molecule is Nc1cc(Br)ccc1OCc1ccc2c(c1)OCO2. The van der Waals surface area contributed by atoms with Gasteiger partial charge in [-0.3, -0.25) is 0 Å². The molecule has 1 heterocycles. The molecule has 2 N–H and O–H groups in total. The Morgan fingerprint density at radius 3 is 2.79 bits per heavy atom. The average Bonchev–Trinajstić information content (AvgIpc) is 2.85. The van der Waals surface area contributed by atoms with Crippen molar-refractivity contribution in [2.24, 2.45) is 0 Å². The molecule has 2 aromatic rings. The summed E-state index contributed by atoms with van der Waals surface area (Å²) in [6.07, 6.45) is 0. The van der Waals surface area contributed by atoms with E-state index in [-0.39, 0.29) is 6.79 Å². The first-order chi connectivity index (χ1) is 9.22. The zero-order valence-electron chi connectivity index (χ0n) is 10.1. The van der Waals surface area contributed by atoms with Gasteiger partial charge >= 0.3 is 0 Å². The molecule has 0 bridgehead atoms. The van der Waals surface area contributed by atoms with Crippen LogP contribution in [0.15, 0.2) is 40.9 Å². The number of ether oxygens (including phenoxy) is 3. The summed E-state index contributed by atoms with van der Waals surface area (Å²) in [5.74, 6) is 2.19. The summed E-state index contributed by atoms with van der Waals surface area (Å²) in [5.41, 5.74) is 7.49. The van der Waals surface area contributed by atoms with Crippen molar-refractivity contribution in [1.82, 2.24) is 0 Å². The van der Waals surface area contributed by atoms with Crippen molar-refractivity contribution in [2.75, 3.05) is 12.5 Å². The molecule has 5 heteroatoms. The van der Waals surface area contributed by atoms with Crippen LogP contribution in [0.25, 0.3) is 0 Å². The van der Waals surface area contributed by atoms with Gasteiger partial charge in [-0.05, 0) is 35.9 Å². The van der Waals surface area contributed by atoms with E-state index in [0.29, 0.717) is 18.0 Å². The lowest BCUT2D eigenvalue weighted by Gasteiger charge is -2.09. The lowest BCUT2D eigenvalue weighted by atomic mass is 10.2. The maximum Gasteiger partial charge on any atom is 0.231 e. The Bertz CT molecular complexity index is 616. The summed E-state index contributed by atoms with van der Waals surface area (Å²) >= 11 is 3.36. The quantitative estimate of drug-likeness (QED) is 0.881. The summed E-state index contributed by atoms with van der Waals surface area (Å²) in [5, 5.41) is 0. The normalized spacial score (nSPS) is 12.5. The minimum absolute atomic E-state index is 0.277. The highest BCUT2D eigenvalue weighted by Crippen LogP contribution is 2.33. The fourth-order valence-corrected chi connectivity index (χ4v) is 2.22. The van der Waals surface area contributed by atoms with Crippen molar-refractivity contribution in [3.05, 3.63) is 46.4 Å². The van der Waals surface area contributed by atoms with E-state index in [4.69, 9.17) is 19.9 Å². The van der Waals surface area contributed by atoms with E-state index < -0.39 is 0 Å². The molecule has 0 radical (unpaired) electrons. The molecule has 1 aliphatic heterocycles. The molecule has 0 saturated carbocycles. The summed E-state index contributed by atoms with van der Waals surface area (Å²) in [6, 6.07) is 11.3. The van der Waals surface area contributed by atoms with E-state index >= 15 is 0 Å². The van der Waals surface area contributed by atoms with Crippen LogP contribution in [0.4, 0.5) is 5.69 Å². The van der Waals surface area contributed by atoms with Gasteiger partial charge < -0.3 is 19.9 Å². The van der Waals surface area contributed by atoms with Crippen molar-refractivity contribution < 1.29 is 14.2 Å². The number of nitrogens with two attached hydrogens (primary N) is 1. The molecule has 98 valence electrons. The standard InChI is InChI=1S/C14H12BrNO3/c15-10-2-4-12(11(16)6-10)17-7-9-1-3-13-14(5-9)19-8-18-13/h1-6H,7-8,16H2. The van der Waals surface area contributed by atoms with Gasteiger partial charge in [0.2, 0.25) is 6.79 Å². The third kappa shape index (κ3) is 2.61. The number of rotatable bonds is 3. The van der Waals surface area contributed by atoms with Crippen molar-refractivity contribution in [1.29, 1.82) is 0 Å². The van der Waals surface area contributed by atoms with Gasteiger partial charge in [-0.25, -0.2) is 0 Å². The molecule has 0 saturated heterocycles. The first kappa shape index (κ1) is 12.2. The molecular weight excluding hydrogens is 310 g/mol. The summed E-state index contributed by atoms with van der Waals surface area (Å²) < 4.78 is 17.2. The molecule has 0 aliphatic carbocycles. The first-order valence-electron chi connectivity index (χ1n) is 5.79. The van der Waals surface area contributed by atoms with Gasteiger partial charge in [-0.2, -0.15) is 0 Å². The van der Waals surface area contributed by atoms with Crippen molar-refractivity contribution in [2.45, 2.75) is 6.61 Å². The van der Waals surface area contributed by atoms with Gasteiger partial charge in [0, 0.05) is 4.47 Å². The monoisotopic (exact) mass is 321 g/mol. The van der Waals surface area contributed by atoms with Crippen LogP contribution in [0.3, 0.4) is 0 Å². The molecule has 0 unspecified atom stereocenters. The van der Waals surface area contributed by atoms with E-state index in [2.05, 4.69) is 15.9 Å². The van der Waals surface area contributed by atoms with Crippen LogP contribution in [0.1, 0.15) is 5.56 Å². The van der Waals surface area contributed by atoms with Crippen LogP contribution in [0.5, 0.6) is 17.2 Å². The van der Waals surface area contributed by atoms with Crippen LogP contribution in [-0.2, 0) is 6.61 Å². The summed E-state index contributed by atoms with van der Waals surface area (Å²) in [6.45, 7) is 0.710. The second-order valence-corrected chi connectivity index (χ2v) is 5.07. The van der Waals surface area contributed by atoms with Crippen molar-refractivity contribution >= 4 is 21.6 Å². The third-order valence-corrected chi connectivity index (χ3v) is 3.30. The van der Waals surface area contributed by atoms with Gasteiger partial charge in [0.1, 0.15) is 12.4 Å². The van der Waals surface area contributed by atoms with Crippen molar-refractivity contribution in [3.8, 4) is 17.2 Å².